The van der Waals surface area contributed by atoms with E-state index >= 15 is 0 Å². The molecule has 8 fully saturated rings. The maximum absolute atomic E-state index is 8.21. The molecule has 0 aromatic rings. The van der Waals surface area contributed by atoms with Crippen molar-refractivity contribution in [3.63, 3.8) is 0 Å². The van der Waals surface area contributed by atoms with Crippen LogP contribution in [-0.4, -0.2) is 45.8 Å². The topological polar surface area (TPSA) is 47.6 Å². The van der Waals surface area contributed by atoms with E-state index in [1.54, 1.807) is 0 Å². The Hall–Kier alpha value is 0.985. The van der Waals surface area contributed by atoms with E-state index < -0.39 is 0 Å². The van der Waals surface area contributed by atoms with E-state index in [1.807, 2.05) is 0 Å². The standard InChI is InChI=1S/2C10H16N.4CH3.2Al/c2*11-10-4-7-1-8(5-10)3-9(2-7)6-10;;;;;;/h2*7-9,11H,1-6H2;4*1H3;;/q6*-1;2*+3. The monoisotopic (exact) mass is 414 g/mol. The van der Waals surface area contributed by atoms with Crippen molar-refractivity contribution in [1.29, 1.82) is 0 Å². The summed E-state index contributed by atoms with van der Waals surface area (Å²) in [5.41, 5.74) is 16.5. The summed E-state index contributed by atoms with van der Waals surface area (Å²) in [6.45, 7) is 0. The van der Waals surface area contributed by atoms with E-state index in [-0.39, 0.29) is 75.5 Å². The molecule has 0 unspecified atom stereocenters. The third-order valence-corrected chi connectivity index (χ3v) is 8.08. The largest absolute Gasteiger partial charge is 3.00 e. The number of rotatable bonds is 0. The van der Waals surface area contributed by atoms with E-state index in [2.05, 4.69) is 0 Å². The summed E-state index contributed by atoms with van der Waals surface area (Å²) in [6, 6.07) is 0. The van der Waals surface area contributed by atoms with Crippen LogP contribution in [0.5, 0.6) is 0 Å². The zero-order valence-corrected chi connectivity index (χ0v) is 21.4. The molecule has 0 spiro atoms. The fourth-order valence-corrected chi connectivity index (χ4v) is 8.22. The van der Waals surface area contributed by atoms with Crippen molar-refractivity contribution in [3.8, 4) is 0 Å². The van der Waals surface area contributed by atoms with E-state index in [9.17, 15) is 0 Å². The molecule has 2 nitrogen and oxygen atoms in total. The predicted molar refractivity (Wildman–Crippen MR) is 128 cm³/mol. The van der Waals surface area contributed by atoms with Gasteiger partial charge in [0.25, 0.3) is 0 Å². The molecule has 8 rings (SSSR count). The van der Waals surface area contributed by atoms with Crippen LogP contribution < -0.4 is 0 Å². The van der Waals surface area contributed by atoms with Crippen molar-refractivity contribution >= 4 is 34.7 Å². The van der Waals surface area contributed by atoms with Gasteiger partial charge in [-0.2, -0.15) is 0 Å². The van der Waals surface area contributed by atoms with E-state index in [0.29, 0.717) is 0 Å². The fraction of sp³-hybridized carbons (Fsp3) is 0.833. The first-order valence-corrected chi connectivity index (χ1v) is 9.97. The molecule has 8 aliphatic carbocycles. The van der Waals surface area contributed by atoms with Crippen molar-refractivity contribution in [2.75, 3.05) is 0 Å². The zero-order chi connectivity index (χ0) is 14.9. The van der Waals surface area contributed by atoms with Crippen LogP contribution in [0, 0.1) is 65.2 Å². The Balaban J connectivity index is 0. The van der Waals surface area contributed by atoms with Gasteiger partial charge in [-0.15, -0.1) is 11.1 Å². The number of nitrogens with one attached hydrogen (secondary N) is 2. The molecule has 8 saturated carbocycles. The van der Waals surface area contributed by atoms with Gasteiger partial charge in [-0.25, -0.2) is 0 Å². The van der Waals surface area contributed by atoms with Gasteiger partial charge >= 0.3 is 34.7 Å². The van der Waals surface area contributed by atoms with Crippen molar-refractivity contribution in [1.82, 2.24) is 0 Å². The Bertz CT molecular complexity index is 353. The second kappa shape index (κ2) is 11.0. The average molecular weight is 415 g/mol. The summed E-state index contributed by atoms with van der Waals surface area (Å²) >= 11 is 0. The van der Waals surface area contributed by atoms with Crippen LogP contribution in [0.2, 0.25) is 0 Å². The van der Waals surface area contributed by atoms with Crippen LogP contribution >= 0.6 is 0 Å². The number of hydrogen-bond donors (Lipinski definition) is 0. The normalized spacial score (nSPS) is 47.4. The van der Waals surface area contributed by atoms with Crippen molar-refractivity contribution in [2.45, 2.75) is 88.1 Å². The molecular weight excluding hydrogens is 370 g/mol. The van der Waals surface area contributed by atoms with E-state index in [1.165, 1.54) is 77.0 Å². The Morgan fingerprint density at radius 1 is 0.393 bits per heavy atom. The van der Waals surface area contributed by atoms with Crippen LogP contribution in [0.1, 0.15) is 77.0 Å². The summed E-state index contributed by atoms with van der Waals surface area (Å²) in [7, 11) is 0. The second-order valence-electron chi connectivity index (χ2n) is 10.4. The first kappa shape index (κ1) is 31.2. The summed E-state index contributed by atoms with van der Waals surface area (Å²) in [6.07, 6.45) is 16.2. The molecule has 156 valence electrons. The minimum Gasteiger partial charge on any atom is -0.672 e. The van der Waals surface area contributed by atoms with Crippen LogP contribution in [0.4, 0.5) is 0 Å². The molecule has 2 N–H and O–H groups in total. The molecule has 0 radical (unpaired) electrons. The summed E-state index contributed by atoms with van der Waals surface area (Å²) in [5.74, 6) is 5.74. The molecule has 0 heterocycles. The molecule has 0 aromatic heterocycles. The third kappa shape index (κ3) is 6.03. The Kier molecular flexibility index (Phi) is 12.3. The minimum atomic E-state index is 0. The summed E-state index contributed by atoms with van der Waals surface area (Å²) in [4.78, 5) is 0. The van der Waals surface area contributed by atoms with Crippen LogP contribution in [0.15, 0.2) is 0 Å². The van der Waals surface area contributed by atoms with Gasteiger partial charge in [-0.1, -0.05) is 38.5 Å². The first-order chi connectivity index (χ1) is 10.5. The maximum atomic E-state index is 8.21. The van der Waals surface area contributed by atoms with Gasteiger partial charge in [0.2, 0.25) is 0 Å². The average Bonchev–Trinajstić information content (AvgIpc) is 2.32. The minimum absolute atomic E-state index is 0. The molecule has 0 amide bonds. The van der Waals surface area contributed by atoms with Crippen molar-refractivity contribution < 1.29 is 0 Å². The summed E-state index contributed by atoms with van der Waals surface area (Å²) < 4.78 is 0. The predicted octanol–water partition coefficient (Wildman–Crippen LogP) is 7.05. The van der Waals surface area contributed by atoms with Crippen LogP contribution in [-0.2, 0) is 0 Å². The fourth-order valence-electron chi connectivity index (χ4n) is 8.22. The van der Waals surface area contributed by atoms with Gasteiger partial charge in [0.15, 0.2) is 0 Å². The molecule has 0 atom stereocenters. The maximum Gasteiger partial charge on any atom is 3.00 e. The Labute approximate surface area is 199 Å². The van der Waals surface area contributed by atoms with Gasteiger partial charge < -0.3 is 41.2 Å². The Morgan fingerprint density at radius 2 is 0.536 bits per heavy atom. The van der Waals surface area contributed by atoms with E-state index in [0.717, 1.165) is 35.5 Å². The van der Waals surface area contributed by atoms with Crippen LogP contribution in [0.25, 0.3) is 11.5 Å². The number of hydrogen-bond acceptors (Lipinski definition) is 0. The summed E-state index contributed by atoms with van der Waals surface area (Å²) in [5, 5.41) is 0. The molecule has 8 aliphatic rings. The van der Waals surface area contributed by atoms with Gasteiger partial charge in [-0.3, -0.25) is 0 Å². The molecule has 4 heteroatoms. The molecule has 28 heavy (non-hydrogen) atoms. The second-order valence-corrected chi connectivity index (χ2v) is 10.4. The van der Waals surface area contributed by atoms with Gasteiger partial charge in [0, 0.05) is 0 Å². The SMILES string of the molecule is [Al+3].[Al+3].[CH3-].[CH3-].[CH3-].[CH3-].[NH-]C12CC3CC(CC(C3)C1)C2.[NH-]C12CC3CC(CC(C3)C1)C2. The zero-order valence-electron chi connectivity index (χ0n) is 19.1. The van der Waals surface area contributed by atoms with Crippen molar-refractivity contribution in [2.24, 2.45) is 35.5 Å². The molecule has 0 aromatic carbocycles. The molecular formula is C24H44Al2N2. The van der Waals surface area contributed by atoms with E-state index in [4.69, 9.17) is 11.5 Å². The van der Waals surface area contributed by atoms with Gasteiger partial charge in [0.1, 0.15) is 0 Å². The van der Waals surface area contributed by atoms with Crippen LogP contribution in [0.3, 0.4) is 0 Å². The van der Waals surface area contributed by atoms with Gasteiger partial charge in [0.05, 0.1) is 0 Å². The van der Waals surface area contributed by atoms with Crippen molar-refractivity contribution in [3.05, 3.63) is 41.2 Å². The first-order valence-electron chi connectivity index (χ1n) is 9.97. The quantitative estimate of drug-likeness (QED) is 0.301. The third-order valence-electron chi connectivity index (χ3n) is 8.08. The smallest absolute Gasteiger partial charge is 0.672 e. The van der Waals surface area contributed by atoms with Gasteiger partial charge in [-0.05, 0) is 74.0 Å². The molecule has 0 aliphatic heterocycles. The molecule has 0 saturated heterocycles. The molecule has 8 bridgehead atoms. The Morgan fingerprint density at radius 3 is 0.643 bits per heavy atom.